The van der Waals surface area contributed by atoms with Crippen LogP contribution in [0.3, 0.4) is 0 Å². The molecule has 1 fully saturated rings. The standard InChI is InChI=1S/C22H26N4O2S/c1-16-20(24-21(28-16)19-7-5-15-29-19)22(27)25(2)18-9-13-26(14-10-18)12-8-17-6-3-4-11-23-17/h3-7,11,15,18H,8-10,12-14H2,1-2H3. The van der Waals surface area contributed by atoms with E-state index in [4.69, 9.17) is 4.42 Å². The number of aromatic nitrogens is 2. The highest BCUT2D eigenvalue weighted by molar-refractivity contribution is 7.13. The molecule has 4 heterocycles. The van der Waals surface area contributed by atoms with Gasteiger partial charge in [-0.2, -0.15) is 0 Å². The summed E-state index contributed by atoms with van der Waals surface area (Å²) in [5.74, 6) is 1.05. The van der Waals surface area contributed by atoms with Crippen molar-refractivity contribution in [1.29, 1.82) is 0 Å². The van der Waals surface area contributed by atoms with Crippen molar-refractivity contribution in [2.45, 2.75) is 32.2 Å². The minimum absolute atomic E-state index is 0.0546. The molecular formula is C22H26N4O2S. The average molecular weight is 411 g/mol. The number of amides is 1. The lowest BCUT2D eigenvalue weighted by atomic mass is 10.0. The number of aryl methyl sites for hydroxylation is 1. The Morgan fingerprint density at radius 1 is 1.28 bits per heavy atom. The lowest BCUT2D eigenvalue weighted by Crippen LogP contribution is -2.46. The molecule has 3 aromatic rings. The van der Waals surface area contributed by atoms with Crippen LogP contribution in [0.4, 0.5) is 0 Å². The molecule has 1 saturated heterocycles. The molecule has 3 aromatic heterocycles. The van der Waals surface area contributed by atoms with Gasteiger partial charge in [0.15, 0.2) is 5.69 Å². The van der Waals surface area contributed by atoms with Gasteiger partial charge in [0, 0.05) is 51.0 Å². The normalized spacial score (nSPS) is 15.5. The van der Waals surface area contributed by atoms with Crippen LogP contribution in [0.25, 0.3) is 10.8 Å². The first-order valence-corrected chi connectivity index (χ1v) is 10.9. The number of carbonyl (C=O) groups is 1. The Labute approximate surface area is 175 Å². The van der Waals surface area contributed by atoms with E-state index in [2.05, 4.69) is 20.9 Å². The van der Waals surface area contributed by atoms with Gasteiger partial charge in [0.05, 0.1) is 4.88 Å². The first-order valence-electron chi connectivity index (χ1n) is 10.0. The number of oxazole rings is 1. The summed E-state index contributed by atoms with van der Waals surface area (Å²) in [6.07, 6.45) is 4.75. The van der Waals surface area contributed by atoms with Gasteiger partial charge in [0.25, 0.3) is 5.91 Å². The molecule has 4 rings (SSSR count). The van der Waals surface area contributed by atoms with Gasteiger partial charge >= 0.3 is 0 Å². The Morgan fingerprint density at radius 2 is 2.10 bits per heavy atom. The third-order valence-corrected chi connectivity index (χ3v) is 6.42. The molecule has 1 aliphatic heterocycles. The second kappa shape index (κ2) is 8.88. The van der Waals surface area contributed by atoms with E-state index < -0.39 is 0 Å². The van der Waals surface area contributed by atoms with Gasteiger partial charge in [-0.1, -0.05) is 12.1 Å². The molecule has 0 aromatic carbocycles. The molecule has 0 saturated carbocycles. The van der Waals surface area contributed by atoms with Gasteiger partial charge in [0.1, 0.15) is 5.76 Å². The third-order valence-electron chi connectivity index (χ3n) is 5.57. The molecule has 6 nitrogen and oxygen atoms in total. The topological polar surface area (TPSA) is 62.5 Å². The quantitative estimate of drug-likeness (QED) is 0.617. The number of nitrogens with zero attached hydrogens (tertiary/aromatic N) is 4. The highest BCUT2D eigenvalue weighted by Gasteiger charge is 2.29. The second-order valence-corrected chi connectivity index (χ2v) is 8.41. The van der Waals surface area contributed by atoms with Gasteiger partial charge in [-0.25, -0.2) is 4.98 Å². The first-order chi connectivity index (χ1) is 14.1. The van der Waals surface area contributed by atoms with E-state index in [1.54, 1.807) is 11.3 Å². The maximum absolute atomic E-state index is 13.0. The summed E-state index contributed by atoms with van der Waals surface area (Å²) in [6.45, 7) is 4.81. The monoisotopic (exact) mass is 410 g/mol. The third kappa shape index (κ3) is 4.57. The van der Waals surface area contributed by atoms with Crippen LogP contribution in [-0.2, 0) is 6.42 Å². The van der Waals surface area contributed by atoms with Crippen LogP contribution in [0, 0.1) is 6.92 Å². The van der Waals surface area contributed by atoms with Gasteiger partial charge in [-0.05, 0) is 43.3 Å². The number of likely N-dealkylation sites (tertiary alicyclic amines) is 1. The van der Waals surface area contributed by atoms with Gasteiger partial charge in [-0.15, -0.1) is 11.3 Å². The SMILES string of the molecule is Cc1oc(-c2cccs2)nc1C(=O)N(C)C1CCN(CCc2ccccn2)CC1. The van der Waals surface area contributed by atoms with E-state index in [0.717, 1.165) is 49.5 Å². The fourth-order valence-electron chi connectivity index (χ4n) is 3.78. The predicted molar refractivity (Wildman–Crippen MR) is 114 cm³/mol. The number of piperidine rings is 1. The lowest BCUT2D eigenvalue weighted by Gasteiger charge is -2.36. The number of thiophene rings is 1. The first kappa shape index (κ1) is 19.8. The summed E-state index contributed by atoms with van der Waals surface area (Å²) in [4.78, 5) is 27.1. The summed E-state index contributed by atoms with van der Waals surface area (Å²) >= 11 is 1.56. The Morgan fingerprint density at radius 3 is 2.79 bits per heavy atom. The molecule has 0 atom stereocenters. The van der Waals surface area contributed by atoms with Crippen LogP contribution in [0.5, 0.6) is 0 Å². The molecule has 7 heteroatoms. The highest BCUT2D eigenvalue weighted by Crippen LogP contribution is 2.27. The summed E-state index contributed by atoms with van der Waals surface area (Å²) in [5, 5.41) is 1.98. The van der Waals surface area contributed by atoms with Gasteiger partial charge in [0.2, 0.25) is 5.89 Å². The van der Waals surface area contributed by atoms with Crippen molar-refractivity contribution < 1.29 is 9.21 Å². The van der Waals surface area contributed by atoms with Crippen molar-refractivity contribution in [3.8, 4) is 10.8 Å². The molecule has 0 N–H and O–H groups in total. The van der Waals surface area contributed by atoms with Crippen LogP contribution in [0.15, 0.2) is 46.3 Å². The maximum Gasteiger partial charge on any atom is 0.276 e. The number of hydrogen-bond acceptors (Lipinski definition) is 6. The van der Waals surface area contributed by atoms with Crippen molar-refractivity contribution in [3.05, 3.63) is 59.1 Å². The van der Waals surface area contributed by atoms with Crippen LogP contribution in [0.2, 0.25) is 0 Å². The molecule has 1 amide bonds. The fraction of sp³-hybridized carbons (Fsp3) is 0.409. The van der Waals surface area contributed by atoms with E-state index in [-0.39, 0.29) is 11.9 Å². The number of hydrogen-bond donors (Lipinski definition) is 0. The van der Waals surface area contributed by atoms with Crippen LogP contribution in [-0.4, -0.2) is 58.4 Å². The predicted octanol–water partition coefficient (Wildman–Crippen LogP) is 3.89. The number of rotatable bonds is 6. The average Bonchev–Trinajstić information content (AvgIpc) is 3.42. The zero-order chi connectivity index (χ0) is 20.2. The minimum Gasteiger partial charge on any atom is -0.440 e. The summed E-state index contributed by atoms with van der Waals surface area (Å²) in [5.41, 5.74) is 1.55. The molecule has 0 unspecified atom stereocenters. The molecule has 1 aliphatic rings. The van der Waals surface area contributed by atoms with Crippen LogP contribution in [0.1, 0.15) is 34.8 Å². The lowest BCUT2D eigenvalue weighted by molar-refractivity contribution is 0.0636. The van der Waals surface area contributed by atoms with Crippen LogP contribution < -0.4 is 0 Å². The Bertz CT molecular complexity index is 931. The molecule has 0 radical (unpaired) electrons. The van der Waals surface area contributed by atoms with E-state index in [0.29, 0.717) is 17.3 Å². The second-order valence-electron chi connectivity index (χ2n) is 7.46. The smallest absolute Gasteiger partial charge is 0.276 e. The largest absolute Gasteiger partial charge is 0.440 e. The summed E-state index contributed by atoms with van der Waals surface area (Å²) in [6, 6.07) is 10.2. The molecule has 0 spiro atoms. The van der Waals surface area contributed by atoms with E-state index in [9.17, 15) is 4.79 Å². The van der Waals surface area contributed by atoms with Crippen molar-refractivity contribution in [2.75, 3.05) is 26.7 Å². The minimum atomic E-state index is -0.0546. The van der Waals surface area contributed by atoms with Crippen molar-refractivity contribution >= 4 is 17.2 Å². The fourth-order valence-corrected chi connectivity index (χ4v) is 4.43. The zero-order valence-corrected chi connectivity index (χ0v) is 17.7. The Kier molecular flexibility index (Phi) is 6.06. The Balaban J connectivity index is 1.32. The maximum atomic E-state index is 13.0. The molecular weight excluding hydrogens is 384 g/mol. The van der Waals surface area contributed by atoms with E-state index in [1.807, 2.05) is 54.7 Å². The van der Waals surface area contributed by atoms with E-state index in [1.165, 1.54) is 0 Å². The van der Waals surface area contributed by atoms with Crippen molar-refractivity contribution in [2.24, 2.45) is 0 Å². The number of pyridine rings is 1. The molecule has 0 aliphatic carbocycles. The van der Waals surface area contributed by atoms with Gasteiger partial charge in [-0.3, -0.25) is 9.78 Å². The highest BCUT2D eigenvalue weighted by atomic mass is 32.1. The molecule has 0 bridgehead atoms. The Hall–Kier alpha value is -2.51. The van der Waals surface area contributed by atoms with Crippen molar-refractivity contribution in [3.63, 3.8) is 0 Å². The summed E-state index contributed by atoms with van der Waals surface area (Å²) < 4.78 is 5.75. The molecule has 29 heavy (non-hydrogen) atoms. The zero-order valence-electron chi connectivity index (χ0n) is 16.9. The van der Waals surface area contributed by atoms with Gasteiger partial charge < -0.3 is 14.2 Å². The van der Waals surface area contributed by atoms with Crippen LogP contribution >= 0.6 is 11.3 Å². The molecule has 152 valence electrons. The van der Waals surface area contributed by atoms with Crippen molar-refractivity contribution in [1.82, 2.24) is 19.8 Å². The number of carbonyl (C=O) groups excluding carboxylic acids is 1. The van der Waals surface area contributed by atoms with E-state index >= 15 is 0 Å². The summed E-state index contributed by atoms with van der Waals surface area (Å²) in [7, 11) is 1.88.